The van der Waals surface area contributed by atoms with Crippen LogP contribution in [0.15, 0.2) is 225 Å². The third kappa shape index (κ3) is 4.96. The first kappa shape index (κ1) is 37.3. The van der Waals surface area contributed by atoms with Gasteiger partial charge in [-0.05, 0) is 133 Å². The maximum absolute atomic E-state index is 2.54. The van der Waals surface area contributed by atoms with E-state index in [2.05, 4.69) is 243 Å². The van der Waals surface area contributed by atoms with Crippen molar-refractivity contribution < 1.29 is 0 Å². The van der Waals surface area contributed by atoms with Crippen LogP contribution in [0.5, 0.6) is 0 Å². The molecule has 1 heteroatoms. The van der Waals surface area contributed by atoms with Gasteiger partial charge in [-0.3, -0.25) is 0 Å². The van der Waals surface area contributed by atoms with E-state index in [9.17, 15) is 0 Å². The second-order valence-corrected chi connectivity index (χ2v) is 19.1. The molecule has 4 unspecified atom stereocenters. The average Bonchev–Trinajstić information content (AvgIpc) is 3.79. The lowest BCUT2D eigenvalue weighted by Crippen LogP contribution is -2.49. The summed E-state index contributed by atoms with van der Waals surface area (Å²) in [6.07, 6.45) is 18.5. The Morgan fingerprint density at radius 1 is 0.438 bits per heavy atom. The molecule has 5 aliphatic rings. The number of rotatable bonds is 6. The molecule has 0 fully saturated rings. The Bertz CT molecular complexity index is 3340. The quantitative estimate of drug-likeness (QED) is 0.162. The van der Waals surface area contributed by atoms with Gasteiger partial charge in [0, 0.05) is 28.4 Å². The van der Waals surface area contributed by atoms with Crippen molar-refractivity contribution in [1.82, 2.24) is 0 Å². The smallest absolute Gasteiger partial charge is 0.0535 e. The fraction of sp³-hybridized carbons (Fsp3) is 0.143. The van der Waals surface area contributed by atoms with E-state index in [0.717, 1.165) is 29.9 Å². The molecule has 306 valence electrons. The summed E-state index contributed by atoms with van der Waals surface area (Å²) in [5.74, 6) is 0.472. The number of anilines is 3. The third-order valence-electron chi connectivity index (χ3n) is 15.8. The Morgan fingerprint density at radius 2 is 1.08 bits per heavy atom. The first-order chi connectivity index (χ1) is 31.5. The van der Waals surface area contributed by atoms with E-state index in [4.69, 9.17) is 0 Å². The minimum atomic E-state index is -0.490. The van der Waals surface area contributed by atoms with Crippen molar-refractivity contribution in [3.05, 3.63) is 275 Å². The van der Waals surface area contributed by atoms with Crippen LogP contribution in [0.1, 0.15) is 76.8 Å². The second-order valence-electron chi connectivity index (χ2n) is 19.1. The molecular weight excluding hydrogens is 771 g/mol. The highest BCUT2D eigenvalue weighted by Gasteiger charge is 2.61. The van der Waals surface area contributed by atoms with Gasteiger partial charge in [0.1, 0.15) is 0 Å². The van der Waals surface area contributed by atoms with Gasteiger partial charge in [0.15, 0.2) is 0 Å². The second kappa shape index (κ2) is 13.9. The van der Waals surface area contributed by atoms with Gasteiger partial charge in [0.2, 0.25) is 0 Å². The number of hydrogen-bond donors (Lipinski definition) is 0. The molecule has 0 spiro atoms. The van der Waals surface area contributed by atoms with Crippen molar-refractivity contribution in [2.45, 2.75) is 42.9 Å². The SMILES string of the molecule is CC1(C)c2ccccc2-c2ccc(N(c3cccc(C4(C5C=CC=CC5)c5ccccc5C5(c6ccccc6)c6c(cccc64)C4=CC=CCC45)c3)c3ccc4ccccc4c3)cc21. The summed E-state index contributed by atoms with van der Waals surface area (Å²) in [4.78, 5) is 2.52. The third-order valence-corrected chi connectivity index (χ3v) is 15.8. The van der Waals surface area contributed by atoms with Gasteiger partial charge in [-0.2, -0.15) is 0 Å². The van der Waals surface area contributed by atoms with Gasteiger partial charge in [-0.15, -0.1) is 0 Å². The summed E-state index contributed by atoms with van der Waals surface area (Å²) in [6.45, 7) is 4.77. The first-order valence-electron chi connectivity index (χ1n) is 23.1. The monoisotopic (exact) mass is 819 g/mol. The standard InChI is InChI=1S/C63H49N/c1-61(2)54-30-13-11-27-50(54)52-38-37-49(41-59(52)61)64(48-36-35-42-19-9-10-20-43(42)39-48)47-26-17-25-46(40-47)62(44-21-5-3-6-22-44)56-32-15-16-33-57(56)63(45-23-7-4-8-24-45)55-31-14-12-28-51(55)53-29-18-34-58(62)60(53)63/h3-21,23-30,32-41,44,55H,22,31H2,1-2H3. The molecule has 0 saturated heterocycles. The van der Waals surface area contributed by atoms with Gasteiger partial charge in [0.05, 0.1) is 10.8 Å². The fourth-order valence-electron chi connectivity index (χ4n) is 13.2. The molecule has 0 N–H and O–H groups in total. The van der Waals surface area contributed by atoms with Crippen molar-refractivity contribution in [1.29, 1.82) is 0 Å². The number of nitrogens with zero attached hydrogens (tertiary/aromatic N) is 1. The van der Waals surface area contributed by atoms with E-state index in [1.807, 2.05) is 0 Å². The highest BCUT2D eigenvalue weighted by Crippen LogP contribution is 2.68. The highest BCUT2D eigenvalue weighted by atomic mass is 15.1. The Morgan fingerprint density at radius 3 is 1.92 bits per heavy atom. The molecule has 8 aromatic rings. The van der Waals surface area contributed by atoms with Crippen molar-refractivity contribution in [3.8, 4) is 11.1 Å². The topological polar surface area (TPSA) is 3.24 Å². The zero-order valence-electron chi connectivity index (χ0n) is 36.4. The minimum Gasteiger partial charge on any atom is -0.310 e. The predicted octanol–water partition coefficient (Wildman–Crippen LogP) is 15.7. The zero-order valence-corrected chi connectivity index (χ0v) is 36.4. The molecule has 5 aliphatic carbocycles. The summed E-state index contributed by atoms with van der Waals surface area (Å²) in [5.41, 5.74) is 19.3. The maximum atomic E-state index is 2.54. The molecule has 64 heavy (non-hydrogen) atoms. The van der Waals surface area contributed by atoms with Crippen LogP contribution in [-0.4, -0.2) is 0 Å². The molecule has 13 rings (SSSR count). The Labute approximate surface area is 377 Å². The van der Waals surface area contributed by atoms with Gasteiger partial charge in [-0.25, -0.2) is 0 Å². The molecular formula is C63H49N. The molecule has 0 radical (unpaired) electrons. The Kier molecular flexibility index (Phi) is 8.10. The van der Waals surface area contributed by atoms with Crippen LogP contribution in [0.2, 0.25) is 0 Å². The van der Waals surface area contributed by atoms with Gasteiger partial charge in [0.25, 0.3) is 0 Å². The number of fused-ring (bicyclic) bond motifs is 9. The van der Waals surface area contributed by atoms with Crippen molar-refractivity contribution in [2.24, 2.45) is 11.8 Å². The van der Waals surface area contributed by atoms with E-state index in [1.54, 1.807) is 0 Å². The summed E-state index contributed by atoms with van der Waals surface area (Å²) in [7, 11) is 0. The summed E-state index contributed by atoms with van der Waals surface area (Å²) < 4.78 is 0. The summed E-state index contributed by atoms with van der Waals surface area (Å²) in [6, 6.07) is 69.8. The molecule has 4 atom stereocenters. The van der Waals surface area contributed by atoms with Crippen LogP contribution < -0.4 is 4.90 Å². The minimum absolute atomic E-state index is 0.128. The molecule has 1 nitrogen and oxygen atoms in total. The molecule has 8 aromatic carbocycles. The fourth-order valence-corrected chi connectivity index (χ4v) is 13.2. The zero-order chi connectivity index (χ0) is 42.6. The molecule has 0 saturated carbocycles. The Hall–Kier alpha value is -7.22. The largest absolute Gasteiger partial charge is 0.310 e. The van der Waals surface area contributed by atoms with Crippen LogP contribution in [-0.2, 0) is 16.2 Å². The lowest BCUT2D eigenvalue weighted by molar-refractivity contribution is 0.389. The highest BCUT2D eigenvalue weighted by molar-refractivity contribution is 5.92. The van der Waals surface area contributed by atoms with Crippen molar-refractivity contribution in [2.75, 3.05) is 4.90 Å². The normalized spacial score (nSPS) is 22.6. The van der Waals surface area contributed by atoms with E-state index in [0.29, 0.717) is 5.92 Å². The van der Waals surface area contributed by atoms with Gasteiger partial charge < -0.3 is 4.90 Å². The Balaban J connectivity index is 1.09. The van der Waals surface area contributed by atoms with E-state index >= 15 is 0 Å². The predicted molar refractivity (Wildman–Crippen MR) is 267 cm³/mol. The molecule has 0 bridgehead atoms. The van der Waals surface area contributed by atoms with Crippen LogP contribution in [0.3, 0.4) is 0 Å². The van der Waals surface area contributed by atoms with Crippen LogP contribution in [0.4, 0.5) is 17.1 Å². The maximum Gasteiger partial charge on any atom is 0.0535 e. The molecule has 0 aliphatic heterocycles. The van der Waals surface area contributed by atoms with E-state index < -0.39 is 5.41 Å². The van der Waals surface area contributed by atoms with E-state index in [1.165, 1.54) is 77.5 Å². The lowest BCUT2D eigenvalue weighted by atomic mass is 9.48. The summed E-state index contributed by atoms with van der Waals surface area (Å²) in [5, 5.41) is 2.47. The first-order valence-corrected chi connectivity index (χ1v) is 23.1. The lowest BCUT2D eigenvalue weighted by Gasteiger charge is -2.53. The number of allylic oxidation sites excluding steroid dienone is 8. The van der Waals surface area contributed by atoms with Crippen molar-refractivity contribution in [3.63, 3.8) is 0 Å². The van der Waals surface area contributed by atoms with Crippen molar-refractivity contribution >= 4 is 33.4 Å². The van der Waals surface area contributed by atoms with Gasteiger partial charge in [-0.1, -0.05) is 202 Å². The molecule has 0 heterocycles. The summed E-state index contributed by atoms with van der Waals surface area (Å²) >= 11 is 0. The molecule has 0 amide bonds. The molecule has 0 aromatic heterocycles. The van der Waals surface area contributed by atoms with E-state index in [-0.39, 0.29) is 16.7 Å². The number of benzene rings is 8. The number of hydrogen-bond acceptors (Lipinski definition) is 1. The van der Waals surface area contributed by atoms with Crippen LogP contribution in [0.25, 0.3) is 27.5 Å². The van der Waals surface area contributed by atoms with Crippen LogP contribution >= 0.6 is 0 Å². The van der Waals surface area contributed by atoms with Crippen LogP contribution in [0, 0.1) is 11.8 Å². The average molecular weight is 820 g/mol. The van der Waals surface area contributed by atoms with Gasteiger partial charge >= 0.3 is 0 Å².